The van der Waals surface area contributed by atoms with Crippen molar-refractivity contribution in [3.8, 4) is 11.1 Å². The number of methoxy groups -OCH3 is 3. The van der Waals surface area contributed by atoms with Crippen molar-refractivity contribution in [2.75, 3.05) is 34.5 Å². The van der Waals surface area contributed by atoms with E-state index in [-0.39, 0.29) is 47.7 Å². The number of aromatic amines is 2. The zero-order chi connectivity index (χ0) is 45.8. The highest BCUT2D eigenvalue weighted by Gasteiger charge is 2.51. The maximum Gasteiger partial charge on any atom is 0.407 e. The van der Waals surface area contributed by atoms with Crippen LogP contribution >= 0.6 is 0 Å². The maximum absolute atomic E-state index is 14.5. The van der Waals surface area contributed by atoms with Gasteiger partial charge in [0.25, 0.3) is 5.91 Å². The molecule has 2 saturated heterocycles. The smallest absolute Gasteiger partial charge is 0.407 e. The van der Waals surface area contributed by atoms with E-state index in [4.69, 9.17) is 24.2 Å². The fraction of sp³-hybridized carbons (Fsp3) is 0.373. The standard InChI is InChI=1S/C51H54N8O7/c1-27(2)41(56-50(62)65-4)48(60)58-25-28(26-64-3)21-40(58)46-52-38-19-14-32-22-30(12-17-36(32)43(38)54-46)31-13-18-37-33(23-31)15-20-39-44(37)55-47(53-39)45-34-11-16-35(24-34)59(45)49(61)42(57-51(63)66-5)29-9-7-6-8-10-29/h6-10,12-15,17-20,22-23,27-28,34-35,40-42,45H,11,16,21,24-26H2,1-5H3,(H,52,54)(H,53,55)(H,56,62)(H,57,63)/t28-,34+,35-,40-,41-,42+,45-/m0/s1. The van der Waals surface area contributed by atoms with Crippen molar-refractivity contribution in [1.29, 1.82) is 0 Å². The van der Waals surface area contributed by atoms with E-state index in [1.54, 1.807) is 7.11 Å². The van der Waals surface area contributed by atoms with Crippen molar-refractivity contribution < 1.29 is 33.4 Å². The summed E-state index contributed by atoms with van der Waals surface area (Å²) in [7, 11) is 4.26. The van der Waals surface area contributed by atoms with Crippen molar-refractivity contribution in [1.82, 2.24) is 40.4 Å². The molecule has 7 atom stereocenters. The lowest BCUT2D eigenvalue weighted by atomic mass is 9.96. The predicted molar refractivity (Wildman–Crippen MR) is 250 cm³/mol. The number of ether oxygens (including phenoxy) is 3. The number of imidazole rings is 2. The zero-order valence-corrected chi connectivity index (χ0v) is 37.7. The molecule has 1 aliphatic carbocycles. The van der Waals surface area contributed by atoms with Gasteiger partial charge in [0, 0.05) is 36.4 Å². The van der Waals surface area contributed by atoms with Crippen LogP contribution in [0, 0.1) is 17.8 Å². The van der Waals surface area contributed by atoms with Crippen LogP contribution in [0.5, 0.6) is 0 Å². The van der Waals surface area contributed by atoms with Crippen molar-refractivity contribution in [2.24, 2.45) is 17.8 Å². The molecule has 15 nitrogen and oxygen atoms in total. The third-order valence-corrected chi connectivity index (χ3v) is 14.0. The summed E-state index contributed by atoms with van der Waals surface area (Å²) in [5, 5.41) is 9.69. The summed E-state index contributed by atoms with van der Waals surface area (Å²) < 4.78 is 15.3. The molecule has 4 N–H and O–H groups in total. The molecule has 1 saturated carbocycles. The van der Waals surface area contributed by atoms with Gasteiger partial charge in [-0.3, -0.25) is 9.59 Å². The van der Waals surface area contributed by atoms with Crippen LogP contribution < -0.4 is 10.6 Å². The van der Waals surface area contributed by atoms with E-state index in [0.717, 1.165) is 79.8 Å². The van der Waals surface area contributed by atoms with E-state index in [0.29, 0.717) is 31.0 Å². The number of carbonyl (C=O) groups is 4. The molecule has 340 valence electrons. The first-order valence-electron chi connectivity index (χ1n) is 22.7. The Morgan fingerprint density at radius 2 is 1.35 bits per heavy atom. The molecule has 2 aromatic heterocycles. The van der Waals surface area contributed by atoms with Gasteiger partial charge in [-0.25, -0.2) is 19.6 Å². The van der Waals surface area contributed by atoms with Crippen LogP contribution in [0.2, 0.25) is 0 Å². The van der Waals surface area contributed by atoms with Crippen LogP contribution in [0.25, 0.3) is 54.7 Å². The molecule has 2 aliphatic heterocycles. The number of likely N-dealkylation sites (tertiary alicyclic amines) is 2. The highest BCUT2D eigenvalue weighted by molar-refractivity contribution is 6.07. The van der Waals surface area contributed by atoms with Crippen molar-refractivity contribution >= 4 is 67.6 Å². The molecular weight excluding hydrogens is 837 g/mol. The zero-order valence-electron chi connectivity index (χ0n) is 37.7. The molecule has 15 heteroatoms. The summed E-state index contributed by atoms with van der Waals surface area (Å²) >= 11 is 0. The molecule has 7 aromatic rings. The number of carbonyl (C=O) groups excluding carboxylic acids is 4. The number of nitrogens with zero attached hydrogens (tertiary/aromatic N) is 4. The Morgan fingerprint density at radius 1 is 0.727 bits per heavy atom. The molecule has 4 heterocycles. The van der Waals surface area contributed by atoms with E-state index in [2.05, 4.69) is 69.1 Å². The Balaban J connectivity index is 0.932. The van der Waals surface area contributed by atoms with Crippen LogP contribution in [0.15, 0.2) is 91.0 Å². The third-order valence-electron chi connectivity index (χ3n) is 14.0. The monoisotopic (exact) mass is 890 g/mol. The summed E-state index contributed by atoms with van der Waals surface area (Å²) in [5.41, 5.74) is 6.27. The van der Waals surface area contributed by atoms with E-state index in [9.17, 15) is 19.2 Å². The summed E-state index contributed by atoms with van der Waals surface area (Å²) in [6.45, 7) is 4.79. The summed E-state index contributed by atoms with van der Waals surface area (Å²) in [4.78, 5) is 74.5. The van der Waals surface area contributed by atoms with Crippen LogP contribution in [0.4, 0.5) is 9.59 Å². The highest BCUT2D eigenvalue weighted by Crippen LogP contribution is 2.51. The number of H-pyrrole nitrogens is 2. The largest absolute Gasteiger partial charge is 0.453 e. The van der Waals surface area contributed by atoms with Crippen LogP contribution in [-0.2, 0) is 23.8 Å². The molecule has 0 unspecified atom stereocenters. The lowest BCUT2D eigenvalue weighted by Gasteiger charge is -2.36. The Morgan fingerprint density at radius 3 is 1.97 bits per heavy atom. The highest BCUT2D eigenvalue weighted by atomic mass is 16.5. The van der Waals surface area contributed by atoms with Gasteiger partial charge in [0.15, 0.2) is 0 Å². The number of amides is 4. The Bertz CT molecular complexity index is 3000. The first-order chi connectivity index (χ1) is 32.0. The molecule has 10 rings (SSSR count). The fourth-order valence-corrected chi connectivity index (χ4v) is 10.9. The Kier molecular flexibility index (Phi) is 11.3. The summed E-state index contributed by atoms with van der Waals surface area (Å²) in [6.07, 6.45) is 2.18. The number of nitrogens with one attached hydrogen (secondary N) is 4. The molecule has 2 bridgehead atoms. The third kappa shape index (κ3) is 7.64. The number of aromatic nitrogens is 4. The number of fused-ring (bicyclic) bond motifs is 8. The van der Waals surface area contributed by atoms with Gasteiger partial charge in [-0.1, -0.05) is 80.6 Å². The summed E-state index contributed by atoms with van der Waals surface area (Å²) in [6, 6.07) is 28.3. The molecule has 66 heavy (non-hydrogen) atoms. The molecule has 0 spiro atoms. The van der Waals surface area contributed by atoms with Gasteiger partial charge >= 0.3 is 12.2 Å². The minimum absolute atomic E-state index is 0.0575. The van der Waals surface area contributed by atoms with Gasteiger partial charge < -0.3 is 44.6 Å². The van der Waals surface area contributed by atoms with Crippen molar-refractivity contribution in [2.45, 2.75) is 69.7 Å². The van der Waals surface area contributed by atoms with Gasteiger partial charge in [-0.2, -0.15) is 0 Å². The predicted octanol–water partition coefficient (Wildman–Crippen LogP) is 8.48. The van der Waals surface area contributed by atoms with Crippen LogP contribution in [-0.4, -0.2) is 100 Å². The molecule has 5 aromatic carbocycles. The normalized spacial score (nSPS) is 21.3. The van der Waals surface area contributed by atoms with Gasteiger partial charge in [0.2, 0.25) is 5.91 Å². The van der Waals surface area contributed by atoms with E-state index < -0.39 is 24.3 Å². The van der Waals surface area contributed by atoms with E-state index in [1.807, 2.05) is 66.1 Å². The number of alkyl carbamates (subject to hydrolysis) is 2. The molecule has 3 fully saturated rings. The number of hydrogen-bond acceptors (Lipinski definition) is 9. The minimum Gasteiger partial charge on any atom is -0.453 e. The molecular formula is C51H54N8O7. The second kappa shape index (κ2) is 17.4. The Hall–Kier alpha value is -7.00. The average molecular weight is 891 g/mol. The molecule has 3 aliphatic rings. The second-order valence-corrected chi connectivity index (χ2v) is 18.4. The maximum atomic E-state index is 14.5. The lowest BCUT2D eigenvalue weighted by Crippen LogP contribution is -2.51. The quantitative estimate of drug-likeness (QED) is 0.0990. The van der Waals surface area contributed by atoms with Crippen molar-refractivity contribution in [3.05, 3.63) is 108 Å². The number of benzene rings is 5. The van der Waals surface area contributed by atoms with Gasteiger partial charge in [0.05, 0.1) is 55.0 Å². The van der Waals surface area contributed by atoms with Gasteiger partial charge in [-0.15, -0.1) is 0 Å². The second-order valence-electron chi connectivity index (χ2n) is 18.4. The topological polar surface area (TPSA) is 184 Å². The first kappa shape index (κ1) is 42.9. The minimum atomic E-state index is -0.890. The Labute approximate surface area is 381 Å². The van der Waals surface area contributed by atoms with Gasteiger partial charge in [-0.05, 0) is 89.2 Å². The number of rotatable bonds is 11. The fourth-order valence-electron chi connectivity index (χ4n) is 10.9. The van der Waals surface area contributed by atoms with Crippen LogP contribution in [0.1, 0.15) is 74.9 Å². The lowest BCUT2D eigenvalue weighted by molar-refractivity contribution is -0.138. The van der Waals surface area contributed by atoms with Gasteiger partial charge in [0.1, 0.15) is 23.7 Å². The van der Waals surface area contributed by atoms with Crippen LogP contribution in [0.3, 0.4) is 0 Å². The average Bonchev–Trinajstić information content (AvgIpc) is 4.20. The van der Waals surface area contributed by atoms with E-state index >= 15 is 0 Å². The molecule has 0 radical (unpaired) electrons. The van der Waals surface area contributed by atoms with E-state index in [1.165, 1.54) is 14.2 Å². The molecule has 4 amide bonds. The first-order valence-corrected chi connectivity index (χ1v) is 22.7. The summed E-state index contributed by atoms with van der Waals surface area (Å²) in [5.74, 6) is 1.31. The number of hydrogen-bond donors (Lipinski definition) is 4. The van der Waals surface area contributed by atoms with Crippen molar-refractivity contribution in [3.63, 3.8) is 0 Å². The number of piperidine rings is 1. The SMILES string of the molecule is COC[C@H]1C[C@@H](c2nc3ccc4cc(-c5ccc6c(ccc7nc([C@@H]8[C@@H]9CC[C@@H](C9)N8C(=O)[C@H](NC(=O)OC)c8ccccc8)[nH]c76)c5)ccc4c3[nH]2)N(C(=O)[C@@H](NC(=O)OC)C(C)C)C1.